The Bertz CT molecular complexity index is 567. The van der Waals surface area contributed by atoms with E-state index in [1.807, 2.05) is 12.4 Å². The maximum atomic E-state index is 5.35. The SMILES string of the molecule is CC(C)c1nc([C@@H]2CCCN2CCc2ccncc2)no1. The average Bonchev–Trinajstić information content (AvgIpc) is 3.15. The van der Waals surface area contributed by atoms with Gasteiger partial charge >= 0.3 is 0 Å². The maximum absolute atomic E-state index is 5.35. The van der Waals surface area contributed by atoms with Gasteiger partial charge in [-0.15, -0.1) is 0 Å². The highest BCUT2D eigenvalue weighted by Crippen LogP contribution is 2.30. The summed E-state index contributed by atoms with van der Waals surface area (Å²) in [4.78, 5) is 11.1. The van der Waals surface area contributed by atoms with Crippen LogP contribution in [0.4, 0.5) is 0 Å². The summed E-state index contributed by atoms with van der Waals surface area (Å²) in [5.74, 6) is 1.88. The Morgan fingerprint density at radius 1 is 1.33 bits per heavy atom. The summed E-state index contributed by atoms with van der Waals surface area (Å²) in [7, 11) is 0. The molecule has 0 amide bonds. The molecule has 0 N–H and O–H groups in total. The zero-order chi connectivity index (χ0) is 14.7. The van der Waals surface area contributed by atoms with Crippen molar-refractivity contribution in [3.63, 3.8) is 0 Å². The Hall–Kier alpha value is -1.75. The third-order valence-corrected chi connectivity index (χ3v) is 4.05. The van der Waals surface area contributed by atoms with Gasteiger partial charge in [0.15, 0.2) is 5.82 Å². The van der Waals surface area contributed by atoms with Crippen LogP contribution in [0.25, 0.3) is 0 Å². The number of hydrogen-bond donors (Lipinski definition) is 0. The molecule has 5 heteroatoms. The van der Waals surface area contributed by atoms with Crippen molar-refractivity contribution in [2.75, 3.05) is 13.1 Å². The van der Waals surface area contributed by atoms with Crippen LogP contribution in [-0.2, 0) is 6.42 Å². The Labute approximate surface area is 125 Å². The van der Waals surface area contributed by atoms with Gasteiger partial charge in [-0.2, -0.15) is 4.98 Å². The smallest absolute Gasteiger partial charge is 0.229 e. The minimum absolute atomic E-state index is 0.290. The van der Waals surface area contributed by atoms with Gasteiger partial charge in [-0.3, -0.25) is 9.88 Å². The highest BCUT2D eigenvalue weighted by Gasteiger charge is 2.29. The molecule has 0 spiro atoms. The zero-order valence-electron chi connectivity index (χ0n) is 12.7. The lowest BCUT2D eigenvalue weighted by molar-refractivity contribution is 0.245. The molecule has 3 rings (SSSR count). The minimum atomic E-state index is 0.290. The maximum Gasteiger partial charge on any atom is 0.229 e. The van der Waals surface area contributed by atoms with Gasteiger partial charge in [-0.25, -0.2) is 0 Å². The molecule has 0 aromatic carbocycles. The van der Waals surface area contributed by atoms with Crippen molar-refractivity contribution in [3.05, 3.63) is 41.8 Å². The van der Waals surface area contributed by atoms with Crippen molar-refractivity contribution < 1.29 is 4.52 Å². The van der Waals surface area contributed by atoms with Gasteiger partial charge in [0.25, 0.3) is 0 Å². The molecule has 5 nitrogen and oxygen atoms in total. The van der Waals surface area contributed by atoms with Gasteiger partial charge in [-0.05, 0) is 43.5 Å². The fourth-order valence-corrected chi connectivity index (χ4v) is 2.83. The van der Waals surface area contributed by atoms with E-state index in [0.717, 1.165) is 37.6 Å². The van der Waals surface area contributed by atoms with Crippen LogP contribution in [-0.4, -0.2) is 33.1 Å². The van der Waals surface area contributed by atoms with Crippen LogP contribution in [0, 0.1) is 0 Å². The molecular formula is C16H22N4O. The Morgan fingerprint density at radius 2 is 2.14 bits per heavy atom. The first-order valence-electron chi connectivity index (χ1n) is 7.70. The molecular weight excluding hydrogens is 264 g/mol. The van der Waals surface area contributed by atoms with Gasteiger partial charge in [0.05, 0.1) is 6.04 Å². The largest absolute Gasteiger partial charge is 0.339 e. The van der Waals surface area contributed by atoms with E-state index >= 15 is 0 Å². The molecule has 3 heterocycles. The Kier molecular flexibility index (Phi) is 4.29. The molecule has 1 atom stereocenters. The highest BCUT2D eigenvalue weighted by molar-refractivity contribution is 5.10. The van der Waals surface area contributed by atoms with Gasteiger partial charge in [0, 0.05) is 24.9 Å². The van der Waals surface area contributed by atoms with Gasteiger partial charge in [-0.1, -0.05) is 19.0 Å². The number of nitrogens with zero attached hydrogens (tertiary/aromatic N) is 4. The lowest BCUT2D eigenvalue weighted by Crippen LogP contribution is -2.26. The molecule has 0 aliphatic carbocycles. The number of aromatic nitrogens is 3. The monoisotopic (exact) mass is 286 g/mol. The van der Waals surface area contributed by atoms with Crippen molar-refractivity contribution in [2.24, 2.45) is 0 Å². The highest BCUT2D eigenvalue weighted by atomic mass is 16.5. The minimum Gasteiger partial charge on any atom is -0.339 e. The standard InChI is InChI=1S/C16H22N4O/c1-12(2)16-18-15(19-21-16)14-4-3-10-20(14)11-7-13-5-8-17-9-6-13/h5-6,8-9,12,14H,3-4,7,10-11H2,1-2H3/t14-/m0/s1. The van der Waals surface area contributed by atoms with Crippen molar-refractivity contribution >= 4 is 0 Å². The van der Waals surface area contributed by atoms with Crippen molar-refractivity contribution in [1.29, 1.82) is 0 Å². The van der Waals surface area contributed by atoms with Crippen LogP contribution in [0.2, 0.25) is 0 Å². The summed E-state index contributed by atoms with van der Waals surface area (Å²) in [5.41, 5.74) is 1.33. The average molecular weight is 286 g/mol. The summed E-state index contributed by atoms with van der Waals surface area (Å²) in [6.45, 7) is 6.29. The predicted molar refractivity (Wildman–Crippen MR) is 79.9 cm³/mol. The topological polar surface area (TPSA) is 55.1 Å². The number of likely N-dealkylation sites (tertiary alicyclic amines) is 1. The Balaban J connectivity index is 1.64. The van der Waals surface area contributed by atoms with E-state index in [-0.39, 0.29) is 5.92 Å². The summed E-state index contributed by atoms with van der Waals surface area (Å²) in [6, 6.07) is 4.47. The molecule has 2 aromatic heterocycles. The number of pyridine rings is 1. The van der Waals surface area contributed by atoms with Crippen molar-refractivity contribution in [2.45, 2.75) is 45.1 Å². The quantitative estimate of drug-likeness (QED) is 0.845. The van der Waals surface area contributed by atoms with Crippen molar-refractivity contribution in [3.8, 4) is 0 Å². The number of hydrogen-bond acceptors (Lipinski definition) is 5. The first-order valence-corrected chi connectivity index (χ1v) is 7.70. The van der Waals surface area contributed by atoms with Gasteiger partial charge in [0.1, 0.15) is 0 Å². The molecule has 1 fully saturated rings. The van der Waals surface area contributed by atoms with Crippen molar-refractivity contribution in [1.82, 2.24) is 20.0 Å². The lowest BCUT2D eigenvalue weighted by atomic mass is 10.1. The first kappa shape index (κ1) is 14.2. The van der Waals surface area contributed by atoms with Crippen LogP contribution in [0.1, 0.15) is 55.9 Å². The van der Waals surface area contributed by atoms with E-state index < -0.39 is 0 Å². The summed E-state index contributed by atoms with van der Waals surface area (Å²) in [6.07, 6.45) is 7.06. The van der Waals surface area contributed by atoms with E-state index in [9.17, 15) is 0 Å². The second kappa shape index (κ2) is 6.35. The van der Waals surface area contributed by atoms with Gasteiger partial charge in [0.2, 0.25) is 5.89 Å². The fourth-order valence-electron chi connectivity index (χ4n) is 2.83. The molecule has 1 saturated heterocycles. The fraction of sp³-hybridized carbons (Fsp3) is 0.562. The Morgan fingerprint density at radius 3 is 2.86 bits per heavy atom. The van der Waals surface area contributed by atoms with Crippen LogP contribution in [0.5, 0.6) is 0 Å². The van der Waals surface area contributed by atoms with E-state index in [1.165, 1.54) is 12.0 Å². The lowest BCUT2D eigenvalue weighted by Gasteiger charge is -2.21. The molecule has 0 bridgehead atoms. The second-order valence-corrected chi connectivity index (χ2v) is 5.94. The summed E-state index contributed by atoms with van der Waals surface area (Å²) in [5, 5.41) is 4.19. The second-order valence-electron chi connectivity index (χ2n) is 5.94. The first-order chi connectivity index (χ1) is 10.2. The summed E-state index contributed by atoms with van der Waals surface area (Å²) >= 11 is 0. The van der Waals surface area contributed by atoms with Crippen LogP contribution >= 0.6 is 0 Å². The van der Waals surface area contributed by atoms with Gasteiger partial charge < -0.3 is 4.52 Å². The third-order valence-electron chi connectivity index (χ3n) is 4.05. The zero-order valence-corrected chi connectivity index (χ0v) is 12.7. The molecule has 0 unspecified atom stereocenters. The molecule has 0 saturated carbocycles. The summed E-state index contributed by atoms with van der Waals surface area (Å²) < 4.78 is 5.35. The molecule has 2 aromatic rings. The third kappa shape index (κ3) is 3.29. The van der Waals surface area contributed by atoms with E-state index in [4.69, 9.17) is 4.52 Å². The van der Waals surface area contributed by atoms with E-state index in [2.05, 4.69) is 46.0 Å². The molecule has 1 aliphatic rings. The van der Waals surface area contributed by atoms with E-state index in [1.54, 1.807) is 0 Å². The molecule has 112 valence electrons. The molecule has 21 heavy (non-hydrogen) atoms. The van der Waals surface area contributed by atoms with Crippen LogP contribution in [0.15, 0.2) is 29.0 Å². The number of rotatable bonds is 5. The molecule has 1 aliphatic heterocycles. The normalized spacial score (nSPS) is 19.5. The predicted octanol–water partition coefficient (Wildman–Crippen LogP) is 2.97. The van der Waals surface area contributed by atoms with Crippen LogP contribution < -0.4 is 0 Å². The van der Waals surface area contributed by atoms with E-state index in [0.29, 0.717) is 6.04 Å². The van der Waals surface area contributed by atoms with Crippen LogP contribution in [0.3, 0.4) is 0 Å². The molecule has 0 radical (unpaired) electrons.